The van der Waals surface area contributed by atoms with E-state index in [-0.39, 0.29) is 41.9 Å². The van der Waals surface area contributed by atoms with E-state index in [2.05, 4.69) is 6.92 Å². The molecule has 10 heteroatoms. The molecule has 206 valence electrons. The van der Waals surface area contributed by atoms with Crippen molar-refractivity contribution >= 4 is 30.6 Å². The van der Waals surface area contributed by atoms with Gasteiger partial charge in [0.2, 0.25) is 0 Å². The first-order valence-corrected chi connectivity index (χ1v) is 13.5. The van der Waals surface area contributed by atoms with E-state index in [0.717, 1.165) is 19.1 Å². The third-order valence-corrected chi connectivity index (χ3v) is 10.6. The number of aldehydes is 1. The standard InChI is InChI=1S/C28H36BFO8/c1-15-7-9-28-10-8-18(32)24(28)27(15,4)20(11-26(3,14-31)25(34)16(28)2)38-21(33)13-36-19-6-5-17-12-37-29(35)22(17)23(19)30/h5-6,14-16,20,24-25,34-35H,7-13H2,1-4H3/t15-,16-,20+,24-,25-,26-,27-,28-/m0/s1. The zero-order valence-electron chi connectivity index (χ0n) is 22.4. The fourth-order valence-electron chi connectivity index (χ4n) is 8.11. The number of aliphatic hydroxyl groups is 1. The van der Waals surface area contributed by atoms with Gasteiger partial charge in [0.1, 0.15) is 18.2 Å². The number of hydrogen-bond donors (Lipinski definition) is 2. The van der Waals surface area contributed by atoms with Gasteiger partial charge in [0.15, 0.2) is 18.2 Å². The Kier molecular flexibility index (Phi) is 6.76. The quantitative estimate of drug-likeness (QED) is 0.338. The number of carbonyl (C=O) groups excluding carboxylic acids is 3. The van der Waals surface area contributed by atoms with E-state index < -0.39 is 59.9 Å². The van der Waals surface area contributed by atoms with Gasteiger partial charge in [0.25, 0.3) is 0 Å². The van der Waals surface area contributed by atoms with Gasteiger partial charge < -0.3 is 29.1 Å². The molecule has 8 atom stereocenters. The fraction of sp³-hybridized carbons (Fsp3) is 0.679. The summed E-state index contributed by atoms with van der Waals surface area (Å²) in [5, 5.41) is 21.3. The fourth-order valence-corrected chi connectivity index (χ4v) is 8.11. The third-order valence-electron chi connectivity index (χ3n) is 10.6. The maximum atomic E-state index is 14.9. The lowest BCUT2D eigenvalue weighted by Gasteiger charge is -2.61. The van der Waals surface area contributed by atoms with Crippen LogP contribution < -0.4 is 10.2 Å². The lowest BCUT2D eigenvalue weighted by atomic mass is 9.44. The van der Waals surface area contributed by atoms with Gasteiger partial charge in [-0.25, -0.2) is 9.18 Å². The van der Waals surface area contributed by atoms with Crippen LogP contribution in [0.5, 0.6) is 5.75 Å². The van der Waals surface area contributed by atoms with Crippen molar-refractivity contribution < 1.29 is 43.0 Å². The molecule has 0 unspecified atom stereocenters. The number of ether oxygens (including phenoxy) is 2. The molecule has 3 fully saturated rings. The van der Waals surface area contributed by atoms with Crippen LogP contribution in [0.2, 0.25) is 0 Å². The minimum atomic E-state index is -1.40. The van der Waals surface area contributed by atoms with Crippen LogP contribution in [0.4, 0.5) is 4.39 Å². The number of halogens is 1. The van der Waals surface area contributed by atoms with Crippen LogP contribution in [-0.2, 0) is 30.4 Å². The monoisotopic (exact) mass is 530 g/mol. The number of ketones is 1. The van der Waals surface area contributed by atoms with E-state index in [1.54, 1.807) is 13.0 Å². The number of carbonyl (C=O) groups is 3. The molecule has 1 aromatic rings. The van der Waals surface area contributed by atoms with Crippen molar-refractivity contribution in [3.05, 3.63) is 23.5 Å². The van der Waals surface area contributed by atoms with Crippen LogP contribution >= 0.6 is 0 Å². The largest absolute Gasteiger partial charge is 0.494 e. The summed E-state index contributed by atoms with van der Waals surface area (Å²) in [5.41, 5.74) is -1.92. The molecular weight excluding hydrogens is 494 g/mol. The Morgan fingerprint density at radius 3 is 2.74 bits per heavy atom. The molecule has 5 rings (SSSR count). The second-order valence-corrected chi connectivity index (χ2v) is 12.4. The SMILES string of the molecule is C[C@H]1[C@H](O)[C@](C)(C=O)C[C@@H](OC(=O)COc2ccc3c(c2F)B(O)OC3)[C@@]2(C)[C@@H]3C(=O)CC[C@]31CC[C@@H]2C. The van der Waals surface area contributed by atoms with Gasteiger partial charge in [0.05, 0.1) is 18.1 Å². The van der Waals surface area contributed by atoms with Crippen molar-refractivity contribution in [1.29, 1.82) is 0 Å². The van der Waals surface area contributed by atoms with Gasteiger partial charge >= 0.3 is 13.1 Å². The molecule has 2 N–H and O–H groups in total. The van der Waals surface area contributed by atoms with Gasteiger partial charge in [-0.2, -0.15) is 0 Å². The molecule has 0 radical (unpaired) electrons. The summed E-state index contributed by atoms with van der Waals surface area (Å²) in [6.07, 6.45) is 1.59. The second kappa shape index (κ2) is 9.42. The van der Waals surface area contributed by atoms with Crippen molar-refractivity contribution in [3.63, 3.8) is 0 Å². The van der Waals surface area contributed by atoms with Gasteiger partial charge in [0, 0.05) is 23.2 Å². The molecule has 38 heavy (non-hydrogen) atoms. The smallest absolute Gasteiger partial charge is 0.479 e. The van der Waals surface area contributed by atoms with Crippen molar-refractivity contribution in [1.82, 2.24) is 0 Å². The Labute approximate surface area is 222 Å². The summed E-state index contributed by atoms with van der Waals surface area (Å²) >= 11 is 0. The molecule has 0 aromatic heterocycles. The summed E-state index contributed by atoms with van der Waals surface area (Å²) in [5.74, 6) is -2.32. The second-order valence-electron chi connectivity index (χ2n) is 12.4. The highest BCUT2D eigenvalue weighted by atomic mass is 19.1. The van der Waals surface area contributed by atoms with Crippen molar-refractivity contribution in [3.8, 4) is 5.75 Å². The van der Waals surface area contributed by atoms with E-state index >= 15 is 0 Å². The molecular formula is C28H36BFO8. The average Bonchev–Trinajstić information content (AvgIpc) is 3.45. The molecule has 3 saturated carbocycles. The molecule has 0 saturated heterocycles. The van der Waals surface area contributed by atoms with Crippen LogP contribution in [0.3, 0.4) is 0 Å². The highest BCUT2D eigenvalue weighted by Crippen LogP contribution is 2.67. The minimum Gasteiger partial charge on any atom is -0.479 e. The van der Waals surface area contributed by atoms with Crippen molar-refractivity contribution in [2.45, 2.75) is 78.6 Å². The molecule has 1 aliphatic heterocycles. The molecule has 1 heterocycles. The van der Waals surface area contributed by atoms with Gasteiger partial charge in [-0.1, -0.05) is 33.8 Å². The highest BCUT2D eigenvalue weighted by molar-refractivity contribution is 6.61. The lowest BCUT2D eigenvalue weighted by Crippen LogP contribution is -2.63. The molecule has 3 aliphatic carbocycles. The topological polar surface area (TPSA) is 119 Å². The van der Waals surface area contributed by atoms with E-state index in [1.807, 2.05) is 13.8 Å². The third kappa shape index (κ3) is 3.85. The molecule has 4 aliphatic rings. The summed E-state index contributed by atoms with van der Waals surface area (Å²) in [6.45, 7) is 7.14. The summed E-state index contributed by atoms with van der Waals surface area (Å²) in [7, 11) is -1.40. The molecule has 0 amide bonds. The van der Waals surface area contributed by atoms with Crippen LogP contribution in [0.15, 0.2) is 12.1 Å². The van der Waals surface area contributed by atoms with Gasteiger partial charge in [-0.15, -0.1) is 0 Å². The molecule has 8 nitrogen and oxygen atoms in total. The Morgan fingerprint density at radius 2 is 2.03 bits per heavy atom. The number of aliphatic hydroxyl groups excluding tert-OH is 1. The van der Waals surface area contributed by atoms with Crippen molar-refractivity contribution in [2.75, 3.05) is 6.61 Å². The van der Waals surface area contributed by atoms with Gasteiger partial charge in [-0.05, 0) is 54.6 Å². The Morgan fingerprint density at radius 1 is 1.29 bits per heavy atom. The number of benzene rings is 1. The number of fused-ring (bicyclic) bond motifs is 1. The Balaban J connectivity index is 1.44. The van der Waals surface area contributed by atoms with Crippen molar-refractivity contribution in [2.24, 2.45) is 34.0 Å². The number of Topliss-reactive ketones (excluding diaryl/α,β-unsaturated/α-hetero) is 1. The molecule has 2 bridgehead atoms. The zero-order valence-corrected chi connectivity index (χ0v) is 22.4. The minimum absolute atomic E-state index is 0.0135. The first-order chi connectivity index (χ1) is 17.9. The molecule has 1 aromatic carbocycles. The van der Waals surface area contributed by atoms with Gasteiger partial charge in [-0.3, -0.25) is 4.79 Å². The number of hydrogen-bond acceptors (Lipinski definition) is 8. The van der Waals surface area contributed by atoms with E-state index in [9.17, 15) is 28.9 Å². The van der Waals surface area contributed by atoms with Crippen LogP contribution in [0.1, 0.15) is 65.4 Å². The summed E-state index contributed by atoms with van der Waals surface area (Å²) < 4.78 is 31.4. The highest BCUT2D eigenvalue weighted by Gasteiger charge is 2.68. The van der Waals surface area contributed by atoms with Crippen LogP contribution in [-0.4, -0.2) is 54.1 Å². The lowest BCUT2D eigenvalue weighted by molar-refractivity contribution is -0.210. The Hall–Kier alpha value is -2.30. The van der Waals surface area contributed by atoms with E-state index in [0.29, 0.717) is 18.4 Å². The Bertz CT molecular complexity index is 1160. The maximum Gasteiger partial charge on any atom is 0.494 e. The summed E-state index contributed by atoms with van der Waals surface area (Å²) in [4.78, 5) is 39.0. The van der Waals surface area contributed by atoms with Crippen LogP contribution in [0, 0.1) is 39.8 Å². The number of esters is 1. The summed E-state index contributed by atoms with van der Waals surface area (Å²) in [6, 6.07) is 2.94. The zero-order chi connectivity index (χ0) is 27.6. The average molecular weight is 530 g/mol. The maximum absolute atomic E-state index is 14.9. The first-order valence-electron chi connectivity index (χ1n) is 13.5. The first kappa shape index (κ1) is 27.3. The van der Waals surface area contributed by atoms with Crippen LogP contribution in [0.25, 0.3) is 0 Å². The van der Waals surface area contributed by atoms with E-state index in [1.165, 1.54) is 6.07 Å². The van der Waals surface area contributed by atoms with E-state index in [4.69, 9.17) is 14.1 Å². The predicted octanol–water partition coefficient (Wildman–Crippen LogP) is 2.34. The normalized spacial score (nSPS) is 40.1. The predicted molar refractivity (Wildman–Crippen MR) is 135 cm³/mol. The number of rotatable bonds is 5. The molecule has 0 spiro atoms.